The third-order valence-electron chi connectivity index (χ3n) is 4.33. The highest BCUT2D eigenvalue weighted by Gasteiger charge is 2.20. The van der Waals surface area contributed by atoms with Crippen molar-refractivity contribution < 1.29 is 4.79 Å². The molecule has 0 saturated carbocycles. The first kappa shape index (κ1) is 14.0. The maximum atomic E-state index is 12.8. The van der Waals surface area contributed by atoms with E-state index in [1.165, 1.54) is 16.7 Å². The van der Waals surface area contributed by atoms with Crippen molar-refractivity contribution in [3.8, 4) is 0 Å². The van der Waals surface area contributed by atoms with E-state index >= 15 is 0 Å². The summed E-state index contributed by atoms with van der Waals surface area (Å²) in [5.74, 6) is 0.167. The van der Waals surface area contributed by atoms with Crippen molar-refractivity contribution in [3.05, 3.63) is 55.3 Å². The molecule has 0 spiro atoms. The maximum absolute atomic E-state index is 12.8. The normalized spacial score (nSPS) is 10.8. The van der Waals surface area contributed by atoms with Gasteiger partial charge in [0.25, 0.3) is 0 Å². The van der Waals surface area contributed by atoms with Crippen LogP contribution in [-0.4, -0.2) is 5.78 Å². The molecule has 0 aliphatic carbocycles. The Hall–Kier alpha value is -1.41. The molecule has 2 rings (SSSR count). The van der Waals surface area contributed by atoms with Crippen molar-refractivity contribution in [3.63, 3.8) is 0 Å². The monoisotopic (exact) mass is 272 g/mol. The fraction of sp³-hybridized carbons (Fsp3) is 0.353. The van der Waals surface area contributed by atoms with Crippen LogP contribution in [0.25, 0.3) is 0 Å². The number of hydrogen-bond donors (Lipinski definition) is 0. The SMILES string of the molecule is Cc1cscc1C(=O)c1c(C)c(C)c(C)c(C)c1C. The molecule has 1 aromatic carbocycles. The van der Waals surface area contributed by atoms with Gasteiger partial charge in [0.2, 0.25) is 0 Å². The molecule has 1 aromatic heterocycles. The van der Waals surface area contributed by atoms with Crippen molar-refractivity contribution >= 4 is 17.1 Å². The average Bonchev–Trinajstić information content (AvgIpc) is 2.80. The number of carbonyl (C=O) groups is 1. The van der Waals surface area contributed by atoms with Crippen molar-refractivity contribution in [2.45, 2.75) is 41.5 Å². The third-order valence-corrected chi connectivity index (χ3v) is 5.19. The zero-order valence-electron chi connectivity index (χ0n) is 12.5. The Balaban J connectivity index is 2.71. The molecular weight excluding hydrogens is 252 g/mol. The Bertz CT molecular complexity index is 633. The molecule has 0 fully saturated rings. The van der Waals surface area contributed by atoms with Crippen LogP contribution >= 0.6 is 11.3 Å². The number of thiophene rings is 1. The van der Waals surface area contributed by atoms with Gasteiger partial charge in [-0.3, -0.25) is 4.79 Å². The summed E-state index contributed by atoms with van der Waals surface area (Å²) in [6.45, 7) is 12.5. The minimum Gasteiger partial charge on any atom is -0.289 e. The van der Waals surface area contributed by atoms with E-state index in [-0.39, 0.29) is 5.78 Å². The molecule has 0 radical (unpaired) electrons. The second kappa shape index (κ2) is 4.93. The van der Waals surface area contributed by atoms with E-state index in [4.69, 9.17) is 0 Å². The highest BCUT2D eigenvalue weighted by atomic mass is 32.1. The zero-order valence-corrected chi connectivity index (χ0v) is 13.3. The van der Waals surface area contributed by atoms with Gasteiger partial charge >= 0.3 is 0 Å². The van der Waals surface area contributed by atoms with Crippen molar-refractivity contribution in [1.29, 1.82) is 0 Å². The van der Waals surface area contributed by atoms with Gasteiger partial charge in [-0.15, -0.1) is 0 Å². The first-order chi connectivity index (χ1) is 8.86. The van der Waals surface area contributed by atoms with Gasteiger partial charge in [-0.2, -0.15) is 11.3 Å². The van der Waals surface area contributed by atoms with Gasteiger partial charge in [-0.1, -0.05) is 0 Å². The quantitative estimate of drug-likeness (QED) is 0.716. The number of carbonyl (C=O) groups excluding carboxylic acids is 1. The summed E-state index contributed by atoms with van der Waals surface area (Å²) >= 11 is 1.59. The lowest BCUT2D eigenvalue weighted by molar-refractivity contribution is 0.103. The smallest absolute Gasteiger partial charge is 0.194 e. The van der Waals surface area contributed by atoms with Gasteiger partial charge in [0, 0.05) is 16.5 Å². The Morgan fingerprint density at radius 2 is 1.26 bits per heavy atom. The van der Waals surface area contributed by atoms with Crippen LogP contribution < -0.4 is 0 Å². The van der Waals surface area contributed by atoms with Crippen LogP contribution in [0.5, 0.6) is 0 Å². The van der Waals surface area contributed by atoms with Crippen LogP contribution in [0.4, 0.5) is 0 Å². The molecule has 0 unspecified atom stereocenters. The lowest BCUT2D eigenvalue weighted by Gasteiger charge is -2.17. The topological polar surface area (TPSA) is 17.1 Å². The fourth-order valence-corrected chi connectivity index (χ4v) is 3.40. The van der Waals surface area contributed by atoms with E-state index in [0.717, 1.165) is 27.8 Å². The summed E-state index contributed by atoms with van der Waals surface area (Å²) in [7, 11) is 0. The molecule has 19 heavy (non-hydrogen) atoms. The van der Waals surface area contributed by atoms with E-state index in [2.05, 4.69) is 34.6 Å². The van der Waals surface area contributed by atoms with Gasteiger partial charge in [0.05, 0.1) is 0 Å². The second-order valence-corrected chi connectivity index (χ2v) is 6.04. The number of benzene rings is 1. The summed E-state index contributed by atoms with van der Waals surface area (Å²) in [4.78, 5) is 12.8. The summed E-state index contributed by atoms with van der Waals surface area (Å²) < 4.78 is 0. The first-order valence-corrected chi connectivity index (χ1v) is 7.45. The van der Waals surface area contributed by atoms with Crippen LogP contribution in [0.2, 0.25) is 0 Å². The minimum absolute atomic E-state index is 0.167. The Labute approximate surface area is 119 Å². The molecule has 2 heteroatoms. The average molecular weight is 272 g/mol. The van der Waals surface area contributed by atoms with Crippen LogP contribution in [0, 0.1) is 41.5 Å². The Morgan fingerprint density at radius 3 is 1.68 bits per heavy atom. The summed E-state index contributed by atoms with van der Waals surface area (Å²) in [5, 5.41) is 3.99. The van der Waals surface area contributed by atoms with Crippen LogP contribution in [0.15, 0.2) is 10.8 Å². The number of hydrogen-bond acceptors (Lipinski definition) is 2. The van der Waals surface area contributed by atoms with Gasteiger partial charge < -0.3 is 0 Å². The first-order valence-electron chi connectivity index (χ1n) is 6.50. The van der Waals surface area contributed by atoms with Crippen molar-refractivity contribution in [1.82, 2.24) is 0 Å². The van der Waals surface area contributed by atoms with Crippen LogP contribution in [0.3, 0.4) is 0 Å². The molecule has 0 saturated heterocycles. The predicted molar refractivity (Wildman–Crippen MR) is 82.6 cm³/mol. The molecule has 0 bridgehead atoms. The number of aryl methyl sites for hydroxylation is 1. The molecule has 0 amide bonds. The van der Waals surface area contributed by atoms with Gasteiger partial charge in [-0.05, 0) is 80.3 Å². The number of ketones is 1. The van der Waals surface area contributed by atoms with E-state index in [9.17, 15) is 4.79 Å². The van der Waals surface area contributed by atoms with Gasteiger partial charge in [0.1, 0.15) is 0 Å². The maximum Gasteiger partial charge on any atom is 0.194 e. The molecule has 1 heterocycles. The largest absolute Gasteiger partial charge is 0.289 e. The molecule has 0 atom stereocenters. The van der Waals surface area contributed by atoms with Crippen molar-refractivity contribution in [2.24, 2.45) is 0 Å². The second-order valence-electron chi connectivity index (χ2n) is 5.30. The fourth-order valence-electron chi connectivity index (χ4n) is 2.57. The molecule has 2 aromatic rings. The van der Waals surface area contributed by atoms with E-state index in [0.29, 0.717) is 0 Å². The van der Waals surface area contributed by atoms with Crippen LogP contribution in [0.1, 0.15) is 49.3 Å². The standard InChI is InChI=1S/C17H20OS/c1-9-7-19-8-15(9)17(18)16-13(5)11(3)10(2)12(4)14(16)6/h7-8H,1-6H3. The molecule has 0 N–H and O–H groups in total. The molecule has 0 aliphatic rings. The summed E-state index contributed by atoms with van der Waals surface area (Å²) in [6.07, 6.45) is 0. The van der Waals surface area contributed by atoms with Crippen LogP contribution in [-0.2, 0) is 0 Å². The zero-order chi connectivity index (χ0) is 14.3. The summed E-state index contributed by atoms with van der Waals surface area (Å²) in [6, 6.07) is 0. The predicted octanol–water partition coefficient (Wildman–Crippen LogP) is 4.83. The molecular formula is C17H20OS. The highest BCUT2D eigenvalue weighted by molar-refractivity contribution is 7.08. The van der Waals surface area contributed by atoms with E-state index in [1.54, 1.807) is 11.3 Å². The molecule has 100 valence electrons. The van der Waals surface area contributed by atoms with Gasteiger partial charge in [0.15, 0.2) is 5.78 Å². The third kappa shape index (κ3) is 2.14. The highest BCUT2D eigenvalue weighted by Crippen LogP contribution is 2.29. The lowest BCUT2D eigenvalue weighted by Crippen LogP contribution is -2.10. The Kier molecular flexibility index (Phi) is 3.64. The number of rotatable bonds is 2. The Morgan fingerprint density at radius 1 is 0.789 bits per heavy atom. The molecule has 1 nitrogen and oxygen atoms in total. The van der Waals surface area contributed by atoms with Crippen molar-refractivity contribution in [2.75, 3.05) is 0 Å². The lowest BCUT2D eigenvalue weighted by atomic mass is 9.86. The van der Waals surface area contributed by atoms with E-state index < -0.39 is 0 Å². The van der Waals surface area contributed by atoms with Gasteiger partial charge in [-0.25, -0.2) is 0 Å². The molecule has 0 aliphatic heterocycles. The minimum atomic E-state index is 0.167. The van der Waals surface area contributed by atoms with E-state index in [1.807, 2.05) is 17.7 Å². The summed E-state index contributed by atoms with van der Waals surface area (Å²) in [5.41, 5.74) is 8.82.